The molecule has 2 atom stereocenters. The Balaban J connectivity index is 1.68. The second kappa shape index (κ2) is 7.78. The van der Waals surface area contributed by atoms with Crippen LogP contribution in [0.4, 0.5) is 0 Å². The molecule has 21 heavy (non-hydrogen) atoms. The van der Waals surface area contributed by atoms with E-state index in [0.717, 1.165) is 31.7 Å². The van der Waals surface area contributed by atoms with Crippen LogP contribution in [0.25, 0.3) is 0 Å². The highest BCUT2D eigenvalue weighted by Gasteiger charge is 2.23. The summed E-state index contributed by atoms with van der Waals surface area (Å²) < 4.78 is 5.61. The summed E-state index contributed by atoms with van der Waals surface area (Å²) in [5, 5.41) is 19.7. The lowest BCUT2D eigenvalue weighted by atomic mass is 9.92. The molecule has 0 bridgehead atoms. The van der Waals surface area contributed by atoms with Gasteiger partial charge in [0.15, 0.2) is 0 Å². The topological polar surface area (TPSA) is 52.9 Å². The number of likely N-dealkylation sites (tertiary alicyclic amines) is 1. The fraction of sp³-hybridized carbons (Fsp3) is 0.647. The van der Waals surface area contributed by atoms with Crippen LogP contribution in [0, 0.1) is 12.8 Å². The number of hydrogen-bond donors (Lipinski definition) is 2. The number of aliphatic hydroxyl groups is 2. The molecule has 1 aliphatic heterocycles. The van der Waals surface area contributed by atoms with Gasteiger partial charge in [-0.25, -0.2) is 0 Å². The number of rotatable bonds is 6. The molecule has 0 amide bonds. The van der Waals surface area contributed by atoms with Gasteiger partial charge in [0.25, 0.3) is 0 Å². The lowest BCUT2D eigenvalue weighted by molar-refractivity contribution is 0.0336. The monoisotopic (exact) mass is 293 g/mol. The van der Waals surface area contributed by atoms with Gasteiger partial charge >= 0.3 is 0 Å². The molecule has 2 N–H and O–H groups in total. The van der Waals surface area contributed by atoms with Crippen molar-refractivity contribution >= 4 is 0 Å². The number of piperidine rings is 1. The van der Waals surface area contributed by atoms with E-state index in [2.05, 4.69) is 4.90 Å². The average molecular weight is 293 g/mol. The van der Waals surface area contributed by atoms with E-state index in [1.807, 2.05) is 38.1 Å². The summed E-state index contributed by atoms with van der Waals surface area (Å²) in [5.41, 5.74) is 1.20. The zero-order valence-electron chi connectivity index (χ0n) is 13.0. The largest absolute Gasteiger partial charge is 0.491 e. The van der Waals surface area contributed by atoms with Gasteiger partial charge < -0.3 is 19.8 Å². The Labute approximate surface area is 127 Å². The van der Waals surface area contributed by atoms with Gasteiger partial charge in [-0.1, -0.05) is 17.7 Å². The molecule has 2 unspecified atom stereocenters. The summed E-state index contributed by atoms with van der Waals surface area (Å²) in [6, 6.07) is 7.86. The molecule has 1 fully saturated rings. The second-order valence-electron chi connectivity index (χ2n) is 6.16. The zero-order valence-corrected chi connectivity index (χ0v) is 13.0. The third-order valence-corrected chi connectivity index (χ3v) is 4.25. The number of β-amino-alcohol motifs (C(OH)–C–C–N with tert-alkyl or cyclic N) is 1. The van der Waals surface area contributed by atoms with Crippen LogP contribution in [0.2, 0.25) is 0 Å². The van der Waals surface area contributed by atoms with E-state index < -0.39 is 6.10 Å². The minimum Gasteiger partial charge on any atom is -0.491 e. The molecule has 0 radical (unpaired) electrons. The van der Waals surface area contributed by atoms with Crippen LogP contribution >= 0.6 is 0 Å². The first-order chi connectivity index (χ1) is 10.0. The van der Waals surface area contributed by atoms with E-state index in [-0.39, 0.29) is 6.10 Å². The van der Waals surface area contributed by atoms with Crippen molar-refractivity contribution in [3.05, 3.63) is 29.8 Å². The van der Waals surface area contributed by atoms with Gasteiger partial charge in [0.2, 0.25) is 0 Å². The van der Waals surface area contributed by atoms with Crippen LogP contribution in [0.15, 0.2) is 24.3 Å². The lowest BCUT2D eigenvalue weighted by Gasteiger charge is -2.34. The fourth-order valence-electron chi connectivity index (χ4n) is 2.80. The maximum Gasteiger partial charge on any atom is 0.119 e. The summed E-state index contributed by atoms with van der Waals surface area (Å²) >= 11 is 0. The van der Waals surface area contributed by atoms with E-state index in [1.54, 1.807) is 0 Å². The molecule has 1 aliphatic rings. The van der Waals surface area contributed by atoms with E-state index in [4.69, 9.17) is 4.74 Å². The fourth-order valence-corrected chi connectivity index (χ4v) is 2.80. The molecule has 1 aromatic rings. The number of aliphatic hydroxyl groups excluding tert-OH is 2. The van der Waals surface area contributed by atoms with Crippen LogP contribution in [-0.2, 0) is 0 Å². The van der Waals surface area contributed by atoms with Gasteiger partial charge in [0.05, 0.1) is 6.10 Å². The average Bonchev–Trinajstić information content (AvgIpc) is 2.47. The molecule has 4 nitrogen and oxygen atoms in total. The van der Waals surface area contributed by atoms with Crippen LogP contribution in [0.3, 0.4) is 0 Å². The Morgan fingerprint density at radius 3 is 2.38 bits per heavy atom. The highest BCUT2D eigenvalue weighted by molar-refractivity contribution is 5.26. The third kappa shape index (κ3) is 5.30. The molecule has 0 spiro atoms. The molecule has 0 aromatic heterocycles. The molecule has 4 heteroatoms. The normalized spacial score (nSPS) is 20.2. The molecule has 1 aromatic carbocycles. The summed E-state index contributed by atoms with van der Waals surface area (Å²) in [6.07, 6.45) is 1.31. The number of aryl methyl sites for hydroxylation is 1. The third-order valence-electron chi connectivity index (χ3n) is 4.25. The molecular weight excluding hydrogens is 266 g/mol. The first-order valence-corrected chi connectivity index (χ1v) is 7.82. The number of ether oxygens (including phenoxy) is 1. The summed E-state index contributed by atoms with van der Waals surface area (Å²) in [6.45, 7) is 6.74. The van der Waals surface area contributed by atoms with Crippen molar-refractivity contribution in [2.45, 2.75) is 38.9 Å². The molecule has 0 saturated carbocycles. The standard InChI is InChI=1S/C17H27NO3/c1-13-3-5-17(6-4-13)21-12-16(20)11-18-9-7-15(8-10-18)14(2)19/h3-6,14-16,19-20H,7-12H2,1-2H3. The van der Waals surface area contributed by atoms with Gasteiger partial charge in [0.1, 0.15) is 18.5 Å². The van der Waals surface area contributed by atoms with Crippen LogP contribution in [0.5, 0.6) is 5.75 Å². The minimum absolute atomic E-state index is 0.220. The summed E-state index contributed by atoms with van der Waals surface area (Å²) in [4.78, 5) is 2.25. The molecular formula is C17H27NO3. The van der Waals surface area contributed by atoms with Crippen molar-refractivity contribution < 1.29 is 14.9 Å². The zero-order chi connectivity index (χ0) is 15.2. The smallest absolute Gasteiger partial charge is 0.119 e. The van der Waals surface area contributed by atoms with Gasteiger partial charge in [0, 0.05) is 6.54 Å². The molecule has 1 saturated heterocycles. The van der Waals surface area contributed by atoms with Crippen molar-refractivity contribution in [1.29, 1.82) is 0 Å². The second-order valence-corrected chi connectivity index (χ2v) is 6.16. The van der Waals surface area contributed by atoms with E-state index in [1.165, 1.54) is 5.56 Å². The van der Waals surface area contributed by atoms with Gasteiger partial charge in [-0.15, -0.1) is 0 Å². The predicted octanol–water partition coefficient (Wildman–Crippen LogP) is 1.83. The highest BCUT2D eigenvalue weighted by atomic mass is 16.5. The van der Waals surface area contributed by atoms with Crippen molar-refractivity contribution in [3.63, 3.8) is 0 Å². The Kier molecular flexibility index (Phi) is 6.03. The van der Waals surface area contributed by atoms with E-state index in [9.17, 15) is 10.2 Å². The number of benzene rings is 1. The van der Waals surface area contributed by atoms with Crippen molar-refractivity contribution in [2.24, 2.45) is 5.92 Å². The van der Waals surface area contributed by atoms with Crippen LogP contribution in [0.1, 0.15) is 25.3 Å². The van der Waals surface area contributed by atoms with Crippen molar-refractivity contribution in [3.8, 4) is 5.75 Å². The maximum absolute atomic E-state index is 10.1. The van der Waals surface area contributed by atoms with Crippen molar-refractivity contribution in [2.75, 3.05) is 26.2 Å². The van der Waals surface area contributed by atoms with Crippen molar-refractivity contribution in [1.82, 2.24) is 4.90 Å². The Hall–Kier alpha value is -1.10. The van der Waals surface area contributed by atoms with Gasteiger partial charge in [-0.3, -0.25) is 0 Å². The summed E-state index contributed by atoms with van der Waals surface area (Å²) in [5.74, 6) is 1.20. The predicted molar refractivity (Wildman–Crippen MR) is 83.5 cm³/mol. The van der Waals surface area contributed by atoms with E-state index in [0.29, 0.717) is 19.1 Å². The molecule has 2 rings (SSSR count). The summed E-state index contributed by atoms with van der Waals surface area (Å²) in [7, 11) is 0. The van der Waals surface area contributed by atoms with Gasteiger partial charge in [-0.05, 0) is 57.8 Å². The Bertz CT molecular complexity index is 411. The number of nitrogens with zero attached hydrogens (tertiary/aromatic N) is 1. The molecule has 0 aliphatic carbocycles. The highest BCUT2D eigenvalue weighted by Crippen LogP contribution is 2.20. The quantitative estimate of drug-likeness (QED) is 0.840. The van der Waals surface area contributed by atoms with Crippen LogP contribution in [-0.4, -0.2) is 53.6 Å². The lowest BCUT2D eigenvalue weighted by Crippen LogP contribution is -2.42. The maximum atomic E-state index is 10.1. The first-order valence-electron chi connectivity index (χ1n) is 7.82. The SMILES string of the molecule is Cc1ccc(OCC(O)CN2CCC(C(C)O)CC2)cc1. The molecule has 118 valence electrons. The first kappa shape index (κ1) is 16.3. The van der Waals surface area contributed by atoms with Gasteiger partial charge in [-0.2, -0.15) is 0 Å². The Morgan fingerprint density at radius 1 is 1.19 bits per heavy atom. The minimum atomic E-state index is -0.477. The molecule has 1 heterocycles. The Morgan fingerprint density at radius 2 is 1.81 bits per heavy atom. The van der Waals surface area contributed by atoms with E-state index >= 15 is 0 Å². The van der Waals surface area contributed by atoms with Crippen LogP contribution < -0.4 is 4.74 Å². The number of hydrogen-bond acceptors (Lipinski definition) is 4.